The van der Waals surface area contributed by atoms with Gasteiger partial charge >= 0.3 is 0 Å². The van der Waals surface area contributed by atoms with Crippen LogP contribution in [0.1, 0.15) is 23.0 Å². The molecule has 4 nitrogen and oxygen atoms in total. The van der Waals surface area contributed by atoms with Crippen LogP contribution in [0.5, 0.6) is 11.5 Å². The monoisotopic (exact) mass is 277 g/mol. The summed E-state index contributed by atoms with van der Waals surface area (Å²) >= 11 is 0. The highest BCUT2D eigenvalue weighted by Crippen LogP contribution is 2.35. The number of furan rings is 1. The Morgan fingerprint density at radius 2 is 1.86 bits per heavy atom. The Kier molecular flexibility index (Phi) is 3.17. The zero-order valence-electron chi connectivity index (χ0n) is 11.3. The maximum Gasteiger partial charge on any atom is 0.247 e. The van der Waals surface area contributed by atoms with Gasteiger partial charge in [0.1, 0.15) is 17.4 Å². The normalized spacial score (nSPS) is 10.3. The quantitative estimate of drug-likeness (QED) is 0.669. The van der Waals surface area contributed by atoms with Gasteiger partial charge in [-0.3, -0.25) is 4.79 Å². The molecule has 1 heterocycles. The van der Waals surface area contributed by atoms with E-state index in [4.69, 9.17) is 14.4 Å². The standard InChI is InChI=1S/C17H11NO3/c1-11(19)12-6-8-13(9-7-12)20-17-14-4-2-3-5-15(14)21-16(17)10-18/h2-9H,1H3. The molecule has 0 saturated carbocycles. The van der Waals surface area contributed by atoms with E-state index in [9.17, 15) is 4.79 Å². The molecule has 0 N–H and O–H groups in total. The van der Waals surface area contributed by atoms with Gasteiger partial charge in [-0.05, 0) is 43.3 Å². The first-order valence-corrected chi connectivity index (χ1v) is 6.39. The number of ether oxygens (including phenoxy) is 1. The van der Waals surface area contributed by atoms with Crippen molar-refractivity contribution < 1.29 is 13.9 Å². The first kappa shape index (κ1) is 12.9. The van der Waals surface area contributed by atoms with Gasteiger partial charge in [-0.2, -0.15) is 5.26 Å². The Labute approximate surface area is 121 Å². The number of carbonyl (C=O) groups is 1. The van der Waals surface area contributed by atoms with Crippen LogP contribution in [0.25, 0.3) is 11.0 Å². The Morgan fingerprint density at radius 1 is 1.14 bits per heavy atom. The zero-order chi connectivity index (χ0) is 14.8. The molecule has 0 bridgehead atoms. The summed E-state index contributed by atoms with van der Waals surface area (Å²) in [6.45, 7) is 1.51. The van der Waals surface area contributed by atoms with Crippen molar-refractivity contribution in [2.24, 2.45) is 0 Å². The number of carbonyl (C=O) groups excluding carboxylic acids is 1. The molecule has 4 heteroatoms. The Balaban J connectivity index is 2.01. The van der Waals surface area contributed by atoms with Crippen LogP contribution in [-0.2, 0) is 0 Å². The molecule has 3 rings (SSSR count). The molecule has 0 saturated heterocycles. The van der Waals surface area contributed by atoms with Crippen molar-refractivity contribution in [2.75, 3.05) is 0 Å². The molecule has 2 aromatic carbocycles. The second-order valence-corrected chi connectivity index (χ2v) is 4.55. The van der Waals surface area contributed by atoms with E-state index in [0.717, 1.165) is 5.39 Å². The SMILES string of the molecule is CC(=O)c1ccc(Oc2c(C#N)oc3ccccc23)cc1. The molecule has 102 valence electrons. The van der Waals surface area contributed by atoms with E-state index >= 15 is 0 Å². The number of ketones is 1. The highest BCUT2D eigenvalue weighted by atomic mass is 16.5. The summed E-state index contributed by atoms with van der Waals surface area (Å²) in [5.74, 6) is 1.06. The molecule has 0 radical (unpaired) electrons. The van der Waals surface area contributed by atoms with Gasteiger partial charge in [0.15, 0.2) is 11.5 Å². The molecule has 0 atom stereocenters. The van der Waals surface area contributed by atoms with Gasteiger partial charge in [-0.15, -0.1) is 0 Å². The van der Waals surface area contributed by atoms with Crippen molar-refractivity contribution in [3.05, 3.63) is 59.9 Å². The molecule has 0 fully saturated rings. The number of rotatable bonds is 3. The molecule has 21 heavy (non-hydrogen) atoms. The number of Topliss-reactive ketones (excluding diaryl/α,β-unsaturated/α-hetero) is 1. The molecule has 0 unspecified atom stereocenters. The van der Waals surface area contributed by atoms with Gasteiger partial charge in [-0.1, -0.05) is 12.1 Å². The summed E-state index contributed by atoms with van der Waals surface area (Å²) in [5, 5.41) is 9.89. The fourth-order valence-corrected chi connectivity index (χ4v) is 2.07. The fraction of sp³-hybridized carbons (Fsp3) is 0.0588. The summed E-state index contributed by atoms with van der Waals surface area (Å²) in [6.07, 6.45) is 0. The first-order chi connectivity index (χ1) is 10.2. The Morgan fingerprint density at radius 3 is 2.52 bits per heavy atom. The lowest BCUT2D eigenvalue weighted by molar-refractivity contribution is 0.101. The van der Waals surface area contributed by atoms with Crippen LogP contribution in [0.2, 0.25) is 0 Å². The number of para-hydroxylation sites is 1. The Hall–Kier alpha value is -3.06. The van der Waals surface area contributed by atoms with Gasteiger partial charge in [0.05, 0.1) is 5.39 Å². The van der Waals surface area contributed by atoms with E-state index in [1.807, 2.05) is 24.3 Å². The van der Waals surface area contributed by atoms with Crippen molar-refractivity contribution >= 4 is 16.8 Å². The average Bonchev–Trinajstić information content (AvgIpc) is 2.86. The van der Waals surface area contributed by atoms with E-state index in [-0.39, 0.29) is 11.5 Å². The predicted octanol–water partition coefficient (Wildman–Crippen LogP) is 4.30. The molecule has 0 aliphatic rings. The van der Waals surface area contributed by atoms with E-state index < -0.39 is 0 Å². The topological polar surface area (TPSA) is 63.2 Å². The van der Waals surface area contributed by atoms with Crippen LogP contribution in [0.15, 0.2) is 52.9 Å². The summed E-state index contributed by atoms with van der Waals surface area (Å²) in [6, 6.07) is 16.0. The third-order valence-electron chi connectivity index (χ3n) is 3.13. The maximum atomic E-state index is 11.3. The maximum absolute atomic E-state index is 11.3. The Bertz CT molecular complexity index is 854. The van der Waals surface area contributed by atoms with Crippen LogP contribution in [0.3, 0.4) is 0 Å². The number of hydrogen-bond donors (Lipinski definition) is 0. The van der Waals surface area contributed by atoms with Gasteiger partial charge in [0.2, 0.25) is 5.76 Å². The van der Waals surface area contributed by atoms with Crippen LogP contribution < -0.4 is 4.74 Å². The number of nitrogens with zero attached hydrogens (tertiary/aromatic N) is 1. The molecule has 0 aliphatic heterocycles. The predicted molar refractivity (Wildman–Crippen MR) is 77.4 cm³/mol. The van der Waals surface area contributed by atoms with Crippen molar-refractivity contribution in [1.29, 1.82) is 5.26 Å². The minimum absolute atomic E-state index is 0.00646. The number of fused-ring (bicyclic) bond motifs is 1. The van der Waals surface area contributed by atoms with Gasteiger partial charge in [-0.25, -0.2) is 0 Å². The number of hydrogen-bond acceptors (Lipinski definition) is 4. The molecule has 0 amide bonds. The number of benzene rings is 2. The smallest absolute Gasteiger partial charge is 0.247 e. The highest BCUT2D eigenvalue weighted by Gasteiger charge is 2.15. The minimum Gasteiger partial charge on any atom is -0.452 e. The minimum atomic E-state index is -0.00646. The van der Waals surface area contributed by atoms with E-state index in [0.29, 0.717) is 22.6 Å². The van der Waals surface area contributed by atoms with E-state index in [2.05, 4.69) is 0 Å². The van der Waals surface area contributed by atoms with Gasteiger partial charge in [0, 0.05) is 5.56 Å². The molecule has 1 aromatic heterocycles. The second-order valence-electron chi connectivity index (χ2n) is 4.55. The van der Waals surface area contributed by atoms with Crippen LogP contribution in [-0.4, -0.2) is 5.78 Å². The largest absolute Gasteiger partial charge is 0.452 e. The summed E-state index contributed by atoms with van der Waals surface area (Å²) in [7, 11) is 0. The lowest BCUT2D eigenvalue weighted by Crippen LogP contribution is -1.91. The van der Waals surface area contributed by atoms with Crippen LogP contribution in [0.4, 0.5) is 0 Å². The van der Waals surface area contributed by atoms with Crippen LogP contribution >= 0.6 is 0 Å². The molecular weight excluding hydrogens is 266 g/mol. The van der Waals surface area contributed by atoms with Crippen molar-refractivity contribution in [1.82, 2.24) is 0 Å². The van der Waals surface area contributed by atoms with Gasteiger partial charge in [0.25, 0.3) is 0 Å². The van der Waals surface area contributed by atoms with Crippen molar-refractivity contribution in [3.63, 3.8) is 0 Å². The third kappa shape index (κ3) is 2.37. The lowest BCUT2D eigenvalue weighted by atomic mass is 10.1. The van der Waals surface area contributed by atoms with Crippen molar-refractivity contribution in [2.45, 2.75) is 6.92 Å². The molecule has 0 aliphatic carbocycles. The lowest BCUT2D eigenvalue weighted by Gasteiger charge is -2.04. The summed E-state index contributed by atoms with van der Waals surface area (Å²) in [5.41, 5.74) is 1.21. The third-order valence-corrected chi connectivity index (χ3v) is 3.13. The second kappa shape index (κ2) is 5.14. The highest BCUT2D eigenvalue weighted by molar-refractivity contribution is 5.94. The molecule has 0 spiro atoms. The first-order valence-electron chi connectivity index (χ1n) is 6.39. The molecular formula is C17H11NO3. The number of nitriles is 1. The average molecular weight is 277 g/mol. The summed E-state index contributed by atoms with van der Waals surface area (Å²) in [4.78, 5) is 11.3. The van der Waals surface area contributed by atoms with Crippen LogP contribution in [0, 0.1) is 11.3 Å². The van der Waals surface area contributed by atoms with E-state index in [1.165, 1.54) is 6.92 Å². The fourth-order valence-electron chi connectivity index (χ4n) is 2.07. The molecule has 3 aromatic rings. The van der Waals surface area contributed by atoms with E-state index in [1.54, 1.807) is 30.3 Å². The zero-order valence-corrected chi connectivity index (χ0v) is 11.3. The van der Waals surface area contributed by atoms with Gasteiger partial charge < -0.3 is 9.15 Å². The van der Waals surface area contributed by atoms with Crippen molar-refractivity contribution in [3.8, 4) is 17.6 Å². The summed E-state index contributed by atoms with van der Waals surface area (Å²) < 4.78 is 11.2.